The van der Waals surface area contributed by atoms with E-state index in [-0.39, 0.29) is 24.5 Å². The first-order valence-corrected chi connectivity index (χ1v) is 6.85. The number of para-hydroxylation sites is 1. The van der Waals surface area contributed by atoms with Crippen molar-refractivity contribution in [2.24, 2.45) is 0 Å². The molecule has 19 heavy (non-hydrogen) atoms. The number of aliphatic hydroxyl groups excluding tert-OH is 1. The van der Waals surface area contributed by atoms with Gasteiger partial charge >= 0.3 is 0 Å². The van der Waals surface area contributed by atoms with E-state index in [9.17, 15) is 4.79 Å². The number of rotatable bonds is 5. The Morgan fingerprint density at radius 3 is 3.11 bits per heavy atom. The Hall–Kier alpha value is -1.55. The average Bonchev–Trinajstić information content (AvgIpc) is 2.44. The second kappa shape index (κ2) is 6.57. The van der Waals surface area contributed by atoms with Crippen LogP contribution < -0.4 is 10.1 Å². The monoisotopic (exact) mass is 263 g/mol. The summed E-state index contributed by atoms with van der Waals surface area (Å²) in [5, 5.41) is 11.8. The third-order valence-corrected chi connectivity index (χ3v) is 3.46. The van der Waals surface area contributed by atoms with E-state index in [2.05, 4.69) is 5.32 Å². The Morgan fingerprint density at radius 2 is 2.32 bits per heavy atom. The van der Waals surface area contributed by atoms with Crippen LogP contribution in [0.15, 0.2) is 24.3 Å². The second-order valence-electron chi connectivity index (χ2n) is 5.00. The smallest absolute Gasteiger partial charge is 0.228 e. The molecule has 0 saturated carbocycles. The molecule has 0 radical (unpaired) electrons. The van der Waals surface area contributed by atoms with Crippen LogP contribution in [-0.2, 0) is 4.79 Å². The number of fused-ring (bicyclic) bond motifs is 1. The van der Waals surface area contributed by atoms with E-state index in [1.807, 2.05) is 31.2 Å². The molecule has 2 atom stereocenters. The van der Waals surface area contributed by atoms with Crippen LogP contribution in [0.1, 0.15) is 37.7 Å². The Balaban J connectivity index is 2.00. The summed E-state index contributed by atoms with van der Waals surface area (Å²) in [6.45, 7) is 2.72. The van der Waals surface area contributed by atoms with E-state index in [0.717, 1.165) is 24.2 Å². The molecule has 1 aliphatic rings. The van der Waals surface area contributed by atoms with Gasteiger partial charge in [0.25, 0.3) is 0 Å². The van der Waals surface area contributed by atoms with Gasteiger partial charge < -0.3 is 15.2 Å². The number of ether oxygens (including phenoxy) is 1. The van der Waals surface area contributed by atoms with Gasteiger partial charge in [0.15, 0.2) is 0 Å². The maximum atomic E-state index is 12.3. The van der Waals surface area contributed by atoms with Crippen molar-refractivity contribution in [1.29, 1.82) is 0 Å². The summed E-state index contributed by atoms with van der Waals surface area (Å²) in [6, 6.07) is 7.81. The minimum absolute atomic E-state index is 0.0567. The molecule has 104 valence electrons. The molecule has 4 nitrogen and oxygen atoms in total. The number of hydrogen-bond acceptors (Lipinski definition) is 3. The summed E-state index contributed by atoms with van der Waals surface area (Å²) in [5.41, 5.74) is 0.973. The summed E-state index contributed by atoms with van der Waals surface area (Å²) in [4.78, 5) is 12.3. The summed E-state index contributed by atoms with van der Waals surface area (Å²) >= 11 is 0. The van der Waals surface area contributed by atoms with Crippen molar-refractivity contribution in [3.05, 3.63) is 29.8 Å². The first-order chi connectivity index (χ1) is 9.22. The van der Waals surface area contributed by atoms with Gasteiger partial charge in [-0.25, -0.2) is 0 Å². The lowest BCUT2D eigenvalue weighted by Gasteiger charge is -2.26. The maximum Gasteiger partial charge on any atom is 0.228 e. The maximum absolute atomic E-state index is 12.3. The predicted molar refractivity (Wildman–Crippen MR) is 73.2 cm³/mol. The number of carbonyl (C=O) groups is 1. The fourth-order valence-electron chi connectivity index (χ4n) is 2.43. The quantitative estimate of drug-likeness (QED) is 0.852. The molecule has 2 N–H and O–H groups in total. The molecule has 0 fully saturated rings. The molecule has 4 heteroatoms. The van der Waals surface area contributed by atoms with Gasteiger partial charge in [-0.1, -0.05) is 18.2 Å². The van der Waals surface area contributed by atoms with Crippen molar-refractivity contribution in [3.63, 3.8) is 0 Å². The molecular formula is C15H21NO3. The van der Waals surface area contributed by atoms with Crippen LogP contribution in [0.5, 0.6) is 5.75 Å². The molecule has 1 aromatic rings. The van der Waals surface area contributed by atoms with Gasteiger partial charge in [0.05, 0.1) is 12.5 Å². The van der Waals surface area contributed by atoms with Crippen molar-refractivity contribution >= 4 is 5.91 Å². The SMILES string of the molecule is CC(CCCO)NC(=O)C1CCOc2ccccc21. The van der Waals surface area contributed by atoms with E-state index in [1.54, 1.807) is 0 Å². The number of carbonyl (C=O) groups excluding carboxylic acids is 1. The number of aliphatic hydroxyl groups is 1. The Kier molecular flexibility index (Phi) is 4.80. The normalized spacial score (nSPS) is 19.2. The summed E-state index contributed by atoms with van der Waals surface area (Å²) < 4.78 is 5.56. The Bertz CT molecular complexity index is 433. The zero-order chi connectivity index (χ0) is 13.7. The second-order valence-corrected chi connectivity index (χ2v) is 5.00. The minimum Gasteiger partial charge on any atom is -0.493 e. The Labute approximate surface area is 113 Å². The lowest BCUT2D eigenvalue weighted by atomic mass is 9.92. The number of hydrogen-bond donors (Lipinski definition) is 2. The van der Waals surface area contributed by atoms with Crippen LogP contribution in [0.2, 0.25) is 0 Å². The van der Waals surface area contributed by atoms with E-state index in [1.165, 1.54) is 0 Å². The van der Waals surface area contributed by atoms with Gasteiger partial charge in [-0.2, -0.15) is 0 Å². The highest BCUT2D eigenvalue weighted by Gasteiger charge is 2.27. The van der Waals surface area contributed by atoms with Crippen LogP contribution in [0.4, 0.5) is 0 Å². The van der Waals surface area contributed by atoms with Crippen LogP contribution >= 0.6 is 0 Å². The highest BCUT2D eigenvalue weighted by atomic mass is 16.5. The van der Waals surface area contributed by atoms with Crippen molar-refractivity contribution < 1.29 is 14.6 Å². The number of benzene rings is 1. The van der Waals surface area contributed by atoms with Gasteiger partial charge in [0, 0.05) is 18.2 Å². The molecule has 2 unspecified atom stereocenters. The molecule has 0 aliphatic carbocycles. The lowest BCUT2D eigenvalue weighted by molar-refractivity contribution is -0.123. The van der Waals surface area contributed by atoms with Crippen LogP contribution in [0.25, 0.3) is 0 Å². The van der Waals surface area contributed by atoms with Gasteiger partial charge in [-0.15, -0.1) is 0 Å². The van der Waals surface area contributed by atoms with Crippen LogP contribution in [0, 0.1) is 0 Å². The zero-order valence-corrected chi connectivity index (χ0v) is 11.3. The molecular weight excluding hydrogens is 242 g/mol. The zero-order valence-electron chi connectivity index (χ0n) is 11.3. The first-order valence-electron chi connectivity index (χ1n) is 6.85. The van der Waals surface area contributed by atoms with E-state index in [4.69, 9.17) is 9.84 Å². The van der Waals surface area contributed by atoms with E-state index >= 15 is 0 Å². The van der Waals surface area contributed by atoms with Crippen LogP contribution in [0.3, 0.4) is 0 Å². The summed E-state index contributed by atoms with van der Waals surface area (Å²) in [6.07, 6.45) is 2.23. The highest BCUT2D eigenvalue weighted by molar-refractivity contribution is 5.84. The molecule has 2 rings (SSSR count). The minimum atomic E-state index is -0.124. The first kappa shape index (κ1) is 13.9. The average molecular weight is 263 g/mol. The van der Waals surface area contributed by atoms with E-state index in [0.29, 0.717) is 13.0 Å². The predicted octanol–water partition coefficient (Wildman–Crippen LogP) is 1.83. The van der Waals surface area contributed by atoms with Crippen molar-refractivity contribution in [2.45, 2.75) is 38.1 Å². The molecule has 1 aromatic carbocycles. The fraction of sp³-hybridized carbons (Fsp3) is 0.533. The molecule has 1 heterocycles. The van der Waals surface area contributed by atoms with Gasteiger partial charge in [-0.3, -0.25) is 4.79 Å². The van der Waals surface area contributed by atoms with Crippen molar-refractivity contribution in [1.82, 2.24) is 5.32 Å². The molecule has 1 amide bonds. The molecule has 0 saturated heterocycles. The van der Waals surface area contributed by atoms with Gasteiger partial charge in [-0.05, 0) is 32.3 Å². The van der Waals surface area contributed by atoms with Gasteiger partial charge in [0.2, 0.25) is 5.91 Å². The molecule has 0 bridgehead atoms. The molecule has 1 aliphatic heterocycles. The summed E-state index contributed by atoms with van der Waals surface area (Å²) in [5.74, 6) is 0.750. The van der Waals surface area contributed by atoms with Crippen molar-refractivity contribution in [2.75, 3.05) is 13.2 Å². The lowest BCUT2D eigenvalue weighted by Crippen LogP contribution is -2.38. The molecule has 0 aromatic heterocycles. The fourth-order valence-corrected chi connectivity index (χ4v) is 2.43. The third kappa shape index (κ3) is 3.47. The largest absolute Gasteiger partial charge is 0.493 e. The molecule has 0 spiro atoms. The van der Waals surface area contributed by atoms with Crippen molar-refractivity contribution in [3.8, 4) is 5.75 Å². The standard InChI is InChI=1S/C15H21NO3/c1-11(5-4-9-17)16-15(18)13-8-10-19-14-7-3-2-6-12(13)14/h2-3,6-7,11,13,17H,4-5,8-10H2,1H3,(H,16,18). The topological polar surface area (TPSA) is 58.6 Å². The van der Waals surface area contributed by atoms with Gasteiger partial charge in [0.1, 0.15) is 5.75 Å². The summed E-state index contributed by atoms with van der Waals surface area (Å²) in [7, 11) is 0. The number of amides is 1. The highest BCUT2D eigenvalue weighted by Crippen LogP contribution is 2.33. The van der Waals surface area contributed by atoms with Crippen LogP contribution in [-0.4, -0.2) is 30.3 Å². The third-order valence-electron chi connectivity index (χ3n) is 3.46. The Morgan fingerprint density at radius 1 is 1.53 bits per heavy atom. The van der Waals surface area contributed by atoms with E-state index < -0.39 is 0 Å². The number of nitrogens with one attached hydrogen (secondary N) is 1.